The van der Waals surface area contributed by atoms with E-state index in [-0.39, 0.29) is 0 Å². The molecule has 0 saturated heterocycles. The molecule has 2 rings (SSSR count). The predicted octanol–water partition coefficient (Wildman–Crippen LogP) is 3.35. The molecule has 1 atom stereocenters. The molecule has 0 aliphatic carbocycles. The van der Waals surface area contributed by atoms with E-state index in [0.29, 0.717) is 17.2 Å². The average molecular weight is 361 g/mol. The lowest BCUT2D eigenvalue weighted by molar-refractivity contribution is -0.148. The molecule has 0 unspecified atom stereocenters. The molecule has 1 amide bonds. The highest BCUT2D eigenvalue weighted by Crippen LogP contribution is 2.29. The molecule has 1 aromatic heterocycles. The van der Waals surface area contributed by atoms with Crippen molar-refractivity contribution in [2.75, 3.05) is 19.5 Å². The van der Waals surface area contributed by atoms with Crippen LogP contribution in [0.25, 0.3) is 6.08 Å². The van der Waals surface area contributed by atoms with E-state index in [2.05, 4.69) is 5.32 Å². The Labute approximate surface area is 150 Å². The van der Waals surface area contributed by atoms with Crippen molar-refractivity contribution in [3.8, 4) is 11.5 Å². The molecule has 25 heavy (non-hydrogen) atoms. The Bertz CT molecular complexity index is 755. The van der Waals surface area contributed by atoms with Crippen LogP contribution in [-0.2, 0) is 14.3 Å². The van der Waals surface area contributed by atoms with Crippen LogP contribution in [0.15, 0.2) is 41.8 Å². The number of esters is 1. The number of methoxy groups -OCH3 is 2. The van der Waals surface area contributed by atoms with Gasteiger partial charge in [0.1, 0.15) is 0 Å². The van der Waals surface area contributed by atoms with Crippen molar-refractivity contribution in [1.82, 2.24) is 0 Å². The SMILES string of the molecule is COc1ccc(NC(=O)[C@@H](C)OC(=O)/C=C/c2cccs2)cc1OC. The Kier molecular flexibility index (Phi) is 6.59. The Balaban J connectivity index is 1.92. The zero-order valence-electron chi connectivity index (χ0n) is 14.1. The van der Waals surface area contributed by atoms with Gasteiger partial charge in [-0.3, -0.25) is 4.79 Å². The van der Waals surface area contributed by atoms with E-state index in [4.69, 9.17) is 14.2 Å². The van der Waals surface area contributed by atoms with E-state index in [1.54, 1.807) is 24.3 Å². The van der Waals surface area contributed by atoms with Gasteiger partial charge in [-0.25, -0.2) is 4.79 Å². The van der Waals surface area contributed by atoms with Crippen LogP contribution in [0.4, 0.5) is 5.69 Å². The van der Waals surface area contributed by atoms with Crippen molar-refractivity contribution in [3.05, 3.63) is 46.7 Å². The van der Waals surface area contributed by atoms with Crippen LogP contribution >= 0.6 is 11.3 Å². The molecule has 7 heteroatoms. The third-order valence-electron chi connectivity index (χ3n) is 3.24. The average Bonchev–Trinajstić information content (AvgIpc) is 3.13. The lowest BCUT2D eigenvalue weighted by atomic mass is 10.2. The number of thiophene rings is 1. The summed E-state index contributed by atoms with van der Waals surface area (Å²) in [6, 6.07) is 8.73. The molecule has 0 fully saturated rings. The highest BCUT2D eigenvalue weighted by Gasteiger charge is 2.17. The molecule has 6 nitrogen and oxygen atoms in total. The molecule has 0 aliphatic heterocycles. The third-order valence-corrected chi connectivity index (χ3v) is 4.08. The van der Waals surface area contributed by atoms with Gasteiger partial charge in [0.15, 0.2) is 17.6 Å². The van der Waals surface area contributed by atoms with Crippen molar-refractivity contribution < 1.29 is 23.8 Å². The van der Waals surface area contributed by atoms with Gasteiger partial charge in [-0.1, -0.05) is 6.07 Å². The summed E-state index contributed by atoms with van der Waals surface area (Å²) in [5.41, 5.74) is 0.514. The Morgan fingerprint density at radius 1 is 1.16 bits per heavy atom. The smallest absolute Gasteiger partial charge is 0.331 e. The second kappa shape index (κ2) is 8.89. The van der Waals surface area contributed by atoms with Crippen LogP contribution in [0, 0.1) is 0 Å². The number of hydrogen-bond donors (Lipinski definition) is 1. The quantitative estimate of drug-likeness (QED) is 0.605. The molecule has 0 saturated carbocycles. The molecule has 1 aromatic carbocycles. The summed E-state index contributed by atoms with van der Waals surface area (Å²) in [7, 11) is 3.04. The van der Waals surface area contributed by atoms with Crippen molar-refractivity contribution in [1.29, 1.82) is 0 Å². The Morgan fingerprint density at radius 2 is 1.92 bits per heavy atom. The number of anilines is 1. The zero-order chi connectivity index (χ0) is 18.2. The number of amides is 1. The lowest BCUT2D eigenvalue weighted by Crippen LogP contribution is -2.29. The van der Waals surface area contributed by atoms with Gasteiger partial charge in [0.2, 0.25) is 0 Å². The van der Waals surface area contributed by atoms with Crippen molar-refractivity contribution in [3.63, 3.8) is 0 Å². The lowest BCUT2D eigenvalue weighted by Gasteiger charge is -2.14. The van der Waals surface area contributed by atoms with Crippen LogP contribution in [0.3, 0.4) is 0 Å². The number of nitrogens with one attached hydrogen (secondary N) is 1. The summed E-state index contributed by atoms with van der Waals surface area (Å²) in [4.78, 5) is 24.9. The van der Waals surface area contributed by atoms with Gasteiger partial charge >= 0.3 is 5.97 Å². The minimum Gasteiger partial charge on any atom is -0.493 e. The Morgan fingerprint density at radius 3 is 2.56 bits per heavy atom. The normalized spacial score (nSPS) is 11.8. The number of ether oxygens (including phenoxy) is 3. The van der Waals surface area contributed by atoms with Gasteiger partial charge in [-0.2, -0.15) is 0 Å². The fourth-order valence-corrected chi connectivity index (χ4v) is 2.58. The largest absolute Gasteiger partial charge is 0.493 e. The first-order chi connectivity index (χ1) is 12.0. The fourth-order valence-electron chi connectivity index (χ4n) is 1.96. The monoisotopic (exact) mass is 361 g/mol. The number of hydrogen-bond acceptors (Lipinski definition) is 6. The van der Waals surface area contributed by atoms with E-state index in [1.165, 1.54) is 38.6 Å². The summed E-state index contributed by atoms with van der Waals surface area (Å²) in [6.45, 7) is 1.51. The number of carbonyl (C=O) groups is 2. The van der Waals surface area contributed by atoms with Crippen molar-refractivity contribution in [2.24, 2.45) is 0 Å². The number of benzene rings is 1. The maximum atomic E-state index is 12.2. The maximum Gasteiger partial charge on any atom is 0.331 e. The van der Waals surface area contributed by atoms with E-state index in [1.807, 2.05) is 17.5 Å². The summed E-state index contributed by atoms with van der Waals surface area (Å²) < 4.78 is 15.4. The summed E-state index contributed by atoms with van der Waals surface area (Å²) in [6.07, 6.45) is 2.01. The zero-order valence-corrected chi connectivity index (χ0v) is 15.0. The minimum atomic E-state index is -0.936. The second-order valence-corrected chi connectivity index (χ2v) is 5.97. The summed E-state index contributed by atoms with van der Waals surface area (Å²) in [5.74, 6) is 0.0240. The standard InChI is InChI=1S/C18H19NO5S/c1-12(24-17(20)9-7-14-5-4-10-25-14)18(21)19-13-6-8-15(22-2)16(11-13)23-3/h4-12H,1-3H3,(H,19,21)/b9-7+/t12-/m1/s1. The van der Waals surface area contributed by atoms with Crippen LogP contribution in [0.5, 0.6) is 11.5 Å². The van der Waals surface area contributed by atoms with Gasteiger partial charge in [0, 0.05) is 22.7 Å². The maximum absolute atomic E-state index is 12.2. The second-order valence-electron chi connectivity index (χ2n) is 4.99. The molecule has 1 N–H and O–H groups in total. The molecule has 0 spiro atoms. The van der Waals surface area contributed by atoms with Crippen LogP contribution < -0.4 is 14.8 Å². The van der Waals surface area contributed by atoms with Crippen LogP contribution in [0.1, 0.15) is 11.8 Å². The number of carbonyl (C=O) groups excluding carboxylic acids is 2. The van der Waals surface area contributed by atoms with Gasteiger partial charge in [-0.05, 0) is 36.6 Å². The molecule has 0 bridgehead atoms. The highest BCUT2D eigenvalue weighted by atomic mass is 32.1. The third kappa shape index (κ3) is 5.36. The van der Waals surface area contributed by atoms with Crippen molar-refractivity contribution in [2.45, 2.75) is 13.0 Å². The first-order valence-corrected chi connectivity index (χ1v) is 8.36. The van der Waals surface area contributed by atoms with Gasteiger partial charge in [0.05, 0.1) is 14.2 Å². The molecular weight excluding hydrogens is 342 g/mol. The molecule has 1 heterocycles. The fraction of sp³-hybridized carbons (Fsp3) is 0.222. The molecule has 0 radical (unpaired) electrons. The molecule has 0 aliphatic rings. The van der Waals surface area contributed by atoms with E-state index in [0.717, 1.165) is 4.88 Å². The van der Waals surface area contributed by atoms with Crippen molar-refractivity contribution >= 4 is 35.0 Å². The molecule has 132 valence electrons. The highest BCUT2D eigenvalue weighted by molar-refractivity contribution is 7.10. The van der Waals surface area contributed by atoms with Crippen LogP contribution in [0.2, 0.25) is 0 Å². The van der Waals surface area contributed by atoms with Gasteiger partial charge in [-0.15, -0.1) is 11.3 Å². The van der Waals surface area contributed by atoms with Crippen LogP contribution in [-0.4, -0.2) is 32.2 Å². The predicted molar refractivity (Wildman–Crippen MR) is 97.1 cm³/mol. The molecule has 2 aromatic rings. The summed E-state index contributed by atoms with van der Waals surface area (Å²) in [5, 5.41) is 4.58. The van der Waals surface area contributed by atoms with Gasteiger partial charge in [0.25, 0.3) is 5.91 Å². The Hall–Kier alpha value is -2.80. The first kappa shape index (κ1) is 18.5. The van der Waals surface area contributed by atoms with Gasteiger partial charge < -0.3 is 19.5 Å². The molecular formula is C18H19NO5S. The number of rotatable bonds is 7. The van der Waals surface area contributed by atoms with E-state index < -0.39 is 18.0 Å². The topological polar surface area (TPSA) is 73.9 Å². The van der Waals surface area contributed by atoms with E-state index in [9.17, 15) is 9.59 Å². The minimum absolute atomic E-state index is 0.440. The first-order valence-electron chi connectivity index (χ1n) is 7.48. The summed E-state index contributed by atoms with van der Waals surface area (Å²) >= 11 is 1.50. The van der Waals surface area contributed by atoms with E-state index >= 15 is 0 Å².